The fourth-order valence-corrected chi connectivity index (χ4v) is 2.26. The number of nitrogens with zero attached hydrogens (tertiary/aromatic N) is 4. The van der Waals surface area contributed by atoms with E-state index in [1.165, 1.54) is 10.9 Å². The fraction of sp³-hybridized carbons (Fsp3) is 0.111. The van der Waals surface area contributed by atoms with Gasteiger partial charge in [-0.15, -0.1) is 0 Å². The Balaban J connectivity index is 1.75. The highest BCUT2D eigenvalue weighted by atomic mass is 16.2. The van der Waals surface area contributed by atoms with Crippen LogP contribution in [0.5, 0.6) is 0 Å². The van der Waals surface area contributed by atoms with Crippen LogP contribution in [-0.4, -0.2) is 22.0 Å². The smallest absolute Gasteiger partial charge is 0.263 e. The number of carbonyl (C=O) groups excluding carboxylic acids is 1. The van der Waals surface area contributed by atoms with Crippen molar-refractivity contribution in [3.63, 3.8) is 0 Å². The van der Waals surface area contributed by atoms with Gasteiger partial charge in [0.15, 0.2) is 0 Å². The van der Waals surface area contributed by atoms with E-state index in [1.807, 2.05) is 30.3 Å². The van der Waals surface area contributed by atoms with Crippen LogP contribution in [0.15, 0.2) is 77.3 Å². The lowest BCUT2D eigenvalue weighted by Gasteiger charge is -2.06. The summed E-state index contributed by atoms with van der Waals surface area (Å²) in [4.78, 5) is 16.5. The molecule has 1 aromatic heterocycles. The van der Waals surface area contributed by atoms with Gasteiger partial charge in [0.2, 0.25) is 0 Å². The Morgan fingerprint density at radius 2 is 1.67 bits per heavy atom. The second-order valence-corrected chi connectivity index (χ2v) is 5.18. The Kier molecular flexibility index (Phi) is 4.88. The van der Waals surface area contributed by atoms with Crippen LogP contribution in [0.25, 0.3) is 0 Å². The highest BCUT2D eigenvalue weighted by molar-refractivity contribution is 5.96. The van der Waals surface area contributed by atoms with E-state index < -0.39 is 0 Å². The molecule has 24 heavy (non-hydrogen) atoms. The minimum absolute atomic E-state index is 0.137. The summed E-state index contributed by atoms with van der Waals surface area (Å²) in [6.45, 7) is 0.470. The Labute approximate surface area is 139 Å². The molecule has 0 fully saturated rings. The number of hydrogen-bond acceptors (Lipinski definition) is 5. The van der Waals surface area contributed by atoms with Gasteiger partial charge in [-0.25, -0.2) is 4.98 Å². The minimum atomic E-state index is -0.137. The molecule has 0 saturated heterocycles. The van der Waals surface area contributed by atoms with E-state index in [4.69, 9.17) is 5.73 Å². The summed E-state index contributed by atoms with van der Waals surface area (Å²) in [6.07, 6.45) is 3.78. The zero-order chi connectivity index (χ0) is 16.8. The molecule has 2 N–H and O–H groups in total. The van der Waals surface area contributed by atoms with E-state index in [0.29, 0.717) is 24.2 Å². The second kappa shape index (κ2) is 7.43. The fourth-order valence-electron chi connectivity index (χ4n) is 2.26. The molecule has 0 unspecified atom stereocenters. The van der Waals surface area contributed by atoms with E-state index >= 15 is 0 Å². The summed E-state index contributed by atoms with van der Waals surface area (Å²) in [7, 11) is 0. The molecule has 2 aromatic carbocycles. The molecule has 120 valence electrons. The van der Waals surface area contributed by atoms with Crippen molar-refractivity contribution in [2.24, 2.45) is 16.0 Å². The van der Waals surface area contributed by atoms with Crippen LogP contribution in [0.1, 0.15) is 16.1 Å². The predicted octanol–water partition coefficient (Wildman–Crippen LogP) is 3.49. The molecular weight excluding hydrogens is 302 g/mol. The Hall–Kier alpha value is -3.12. The Morgan fingerprint density at radius 1 is 1.00 bits per heavy atom. The van der Waals surface area contributed by atoms with Crippen molar-refractivity contribution in [2.75, 3.05) is 6.54 Å². The molecule has 0 amide bonds. The minimum Gasteiger partial charge on any atom is -0.330 e. The van der Waals surface area contributed by atoms with E-state index in [1.54, 1.807) is 30.5 Å². The number of benzene rings is 2. The SMILES string of the molecule is NCCc1cncn1C(=O)c1ccc(N=Nc2ccccc2)cc1. The van der Waals surface area contributed by atoms with Crippen molar-refractivity contribution >= 4 is 17.3 Å². The highest BCUT2D eigenvalue weighted by Crippen LogP contribution is 2.19. The summed E-state index contributed by atoms with van der Waals surface area (Å²) in [5.41, 5.74) is 8.38. The number of azo groups is 1. The Morgan fingerprint density at radius 3 is 2.33 bits per heavy atom. The number of carbonyl (C=O) groups is 1. The van der Waals surface area contributed by atoms with Crippen LogP contribution < -0.4 is 5.73 Å². The molecule has 0 aliphatic carbocycles. The first kappa shape index (κ1) is 15.8. The first-order valence-electron chi connectivity index (χ1n) is 7.61. The number of hydrogen-bond donors (Lipinski definition) is 1. The molecular formula is C18H17N5O. The van der Waals surface area contributed by atoms with Crippen molar-refractivity contribution < 1.29 is 4.79 Å². The van der Waals surface area contributed by atoms with Gasteiger partial charge in [0, 0.05) is 23.9 Å². The average Bonchev–Trinajstić information content (AvgIpc) is 3.09. The lowest BCUT2D eigenvalue weighted by atomic mass is 10.2. The summed E-state index contributed by atoms with van der Waals surface area (Å²) in [6, 6.07) is 16.5. The van der Waals surface area contributed by atoms with Crippen LogP contribution in [-0.2, 0) is 6.42 Å². The molecule has 0 bridgehead atoms. The summed E-state index contributed by atoms with van der Waals surface area (Å²) < 4.78 is 1.52. The molecule has 0 saturated carbocycles. The topological polar surface area (TPSA) is 85.6 Å². The quantitative estimate of drug-likeness (QED) is 0.730. The maximum atomic E-state index is 12.5. The van der Waals surface area contributed by atoms with Crippen molar-refractivity contribution in [3.8, 4) is 0 Å². The van der Waals surface area contributed by atoms with Crippen molar-refractivity contribution in [1.82, 2.24) is 9.55 Å². The number of nitrogens with two attached hydrogens (primary N) is 1. The zero-order valence-electron chi connectivity index (χ0n) is 13.0. The molecule has 3 aromatic rings. The van der Waals surface area contributed by atoms with Gasteiger partial charge in [-0.05, 0) is 42.9 Å². The van der Waals surface area contributed by atoms with E-state index in [0.717, 1.165) is 11.4 Å². The lowest BCUT2D eigenvalue weighted by Crippen LogP contribution is -2.16. The van der Waals surface area contributed by atoms with Crippen LogP contribution in [0.2, 0.25) is 0 Å². The molecule has 0 radical (unpaired) electrons. The Bertz CT molecular complexity index is 837. The van der Waals surface area contributed by atoms with Crippen LogP contribution in [0.3, 0.4) is 0 Å². The van der Waals surface area contributed by atoms with Gasteiger partial charge >= 0.3 is 0 Å². The second-order valence-electron chi connectivity index (χ2n) is 5.18. The summed E-state index contributed by atoms with van der Waals surface area (Å²) in [5, 5.41) is 8.32. The van der Waals surface area contributed by atoms with Gasteiger partial charge in [0.05, 0.1) is 11.4 Å². The predicted molar refractivity (Wildman–Crippen MR) is 91.8 cm³/mol. The molecule has 0 spiro atoms. The van der Waals surface area contributed by atoms with E-state index in [2.05, 4.69) is 15.2 Å². The third kappa shape index (κ3) is 3.61. The van der Waals surface area contributed by atoms with Crippen LogP contribution in [0, 0.1) is 0 Å². The van der Waals surface area contributed by atoms with Gasteiger partial charge in [-0.2, -0.15) is 10.2 Å². The largest absolute Gasteiger partial charge is 0.330 e. The lowest BCUT2D eigenvalue weighted by molar-refractivity contribution is 0.0957. The molecule has 0 atom stereocenters. The molecule has 3 rings (SSSR count). The maximum Gasteiger partial charge on any atom is 0.263 e. The van der Waals surface area contributed by atoms with Crippen molar-refractivity contribution in [3.05, 3.63) is 78.4 Å². The normalized spacial score (nSPS) is 11.0. The molecule has 1 heterocycles. The average molecular weight is 319 g/mol. The highest BCUT2D eigenvalue weighted by Gasteiger charge is 2.12. The number of rotatable bonds is 5. The van der Waals surface area contributed by atoms with Crippen molar-refractivity contribution in [1.29, 1.82) is 0 Å². The van der Waals surface area contributed by atoms with Gasteiger partial charge < -0.3 is 5.73 Å². The molecule has 0 aliphatic rings. The maximum absolute atomic E-state index is 12.5. The van der Waals surface area contributed by atoms with Gasteiger partial charge in [-0.3, -0.25) is 9.36 Å². The first-order valence-corrected chi connectivity index (χ1v) is 7.61. The standard InChI is InChI=1S/C18H17N5O/c19-11-10-17-12-20-13-23(17)18(24)14-6-8-16(9-7-14)22-21-15-4-2-1-3-5-15/h1-9,12-13H,10-11,19H2. The van der Waals surface area contributed by atoms with Crippen molar-refractivity contribution in [2.45, 2.75) is 6.42 Å². The number of aromatic nitrogens is 2. The monoisotopic (exact) mass is 319 g/mol. The van der Waals surface area contributed by atoms with E-state index in [-0.39, 0.29) is 5.91 Å². The van der Waals surface area contributed by atoms with Gasteiger partial charge in [0.1, 0.15) is 6.33 Å². The van der Waals surface area contributed by atoms with E-state index in [9.17, 15) is 4.79 Å². The third-order valence-corrected chi connectivity index (χ3v) is 3.49. The van der Waals surface area contributed by atoms with Gasteiger partial charge in [0.25, 0.3) is 5.91 Å². The molecule has 0 aliphatic heterocycles. The number of imidazole rings is 1. The summed E-state index contributed by atoms with van der Waals surface area (Å²) >= 11 is 0. The molecule has 6 nitrogen and oxygen atoms in total. The van der Waals surface area contributed by atoms with Crippen LogP contribution in [0.4, 0.5) is 11.4 Å². The summed E-state index contributed by atoms with van der Waals surface area (Å²) in [5.74, 6) is -0.137. The van der Waals surface area contributed by atoms with Gasteiger partial charge in [-0.1, -0.05) is 18.2 Å². The third-order valence-electron chi connectivity index (χ3n) is 3.49. The van der Waals surface area contributed by atoms with Crippen LogP contribution >= 0.6 is 0 Å². The first-order chi connectivity index (χ1) is 11.8. The molecule has 6 heteroatoms. The zero-order valence-corrected chi connectivity index (χ0v) is 13.0.